The summed E-state index contributed by atoms with van der Waals surface area (Å²) in [6.07, 6.45) is 0. The van der Waals surface area contributed by atoms with Crippen molar-refractivity contribution in [1.82, 2.24) is 15.1 Å². The van der Waals surface area contributed by atoms with Crippen LogP contribution in [0.3, 0.4) is 0 Å². The van der Waals surface area contributed by atoms with Gasteiger partial charge in [-0.05, 0) is 36.8 Å². The van der Waals surface area contributed by atoms with Gasteiger partial charge in [0, 0.05) is 26.2 Å². The van der Waals surface area contributed by atoms with Crippen LogP contribution in [0.1, 0.15) is 5.56 Å². The molecule has 4 rings (SSSR count). The van der Waals surface area contributed by atoms with E-state index in [2.05, 4.69) is 25.7 Å². The quantitative estimate of drug-likeness (QED) is 0.584. The van der Waals surface area contributed by atoms with E-state index in [4.69, 9.17) is 9.15 Å². The van der Waals surface area contributed by atoms with Gasteiger partial charge in [0.25, 0.3) is 5.89 Å². The van der Waals surface area contributed by atoms with Crippen LogP contribution in [-0.2, 0) is 4.74 Å². The Kier molecular flexibility index (Phi) is 6.38. The Morgan fingerprint density at radius 1 is 1.03 bits per heavy atom. The van der Waals surface area contributed by atoms with Gasteiger partial charge in [-0.3, -0.25) is 4.90 Å². The summed E-state index contributed by atoms with van der Waals surface area (Å²) in [6.45, 7) is 6.20. The first-order valence-electron chi connectivity index (χ1n) is 9.90. The second kappa shape index (κ2) is 9.36. The lowest BCUT2D eigenvalue weighted by molar-refractivity contribution is 0.0398. The van der Waals surface area contributed by atoms with E-state index in [1.54, 1.807) is 13.0 Å². The zero-order valence-corrected chi connectivity index (χ0v) is 16.9. The fraction of sp³-hybridized carbons (Fsp3) is 0.333. The lowest BCUT2D eigenvalue weighted by Crippen LogP contribution is -2.39. The second-order valence-corrected chi connectivity index (χ2v) is 7.19. The summed E-state index contributed by atoms with van der Waals surface area (Å²) < 4.78 is 53.6. The van der Waals surface area contributed by atoms with Gasteiger partial charge in [0.15, 0.2) is 11.6 Å². The molecule has 1 aliphatic rings. The first-order valence-corrected chi connectivity index (χ1v) is 9.90. The number of nitrogens with one attached hydrogen (secondary N) is 2. The number of halogens is 3. The maximum Gasteiger partial charge on any atom is 0.315 e. The first-order chi connectivity index (χ1) is 15.0. The Morgan fingerprint density at radius 3 is 2.61 bits per heavy atom. The molecule has 0 amide bonds. The first kappa shape index (κ1) is 21.1. The van der Waals surface area contributed by atoms with Gasteiger partial charge in [-0.2, -0.15) is 0 Å². The Hall–Kier alpha value is -3.11. The van der Waals surface area contributed by atoms with Crippen molar-refractivity contribution in [2.75, 3.05) is 50.0 Å². The number of rotatable bonds is 7. The van der Waals surface area contributed by atoms with Gasteiger partial charge in [-0.15, -0.1) is 5.10 Å². The second-order valence-electron chi connectivity index (χ2n) is 7.19. The molecule has 10 heteroatoms. The van der Waals surface area contributed by atoms with Gasteiger partial charge < -0.3 is 19.8 Å². The Labute approximate surface area is 177 Å². The van der Waals surface area contributed by atoms with Crippen molar-refractivity contribution < 1.29 is 22.3 Å². The van der Waals surface area contributed by atoms with Crippen molar-refractivity contribution in [3.8, 4) is 11.5 Å². The van der Waals surface area contributed by atoms with E-state index in [1.165, 1.54) is 18.2 Å². The van der Waals surface area contributed by atoms with E-state index < -0.39 is 17.5 Å². The monoisotopic (exact) mass is 433 g/mol. The number of hydrogen-bond donors (Lipinski definition) is 2. The smallest absolute Gasteiger partial charge is 0.315 e. The minimum Gasteiger partial charge on any atom is -0.403 e. The van der Waals surface area contributed by atoms with E-state index >= 15 is 0 Å². The van der Waals surface area contributed by atoms with Crippen molar-refractivity contribution in [3.05, 3.63) is 53.3 Å². The van der Waals surface area contributed by atoms with Crippen LogP contribution in [0.25, 0.3) is 11.5 Å². The third kappa shape index (κ3) is 4.97. The predicted octanol–water partition coefficient (Wildman–Crippen LogP) is 3.95. The van der Waals surface area contributed by atoms with Gasteiger partial charge in [-0.1, -0.05) is 11.2 Å². The molecule has 164 valence electrons. The summed E-state index contributed by atoms with van der Waals surface area (Å²) in [4.78, 5) is 2.24. The highest BCUT2D eigenvalue weighted by Gasteiger charge is 2.21. The lowest BCUT2D eigenvalue weighted by Gasteiger charge is -2.26. The molecule has 1 aliphatic heterocycles. The molecule has 1 saturated heterocycles. The lowest BCUT2D eigenvalue weighted by atomic mass is 10.1. The van der Waals surface area contributed by atoms with Crippen LogP contribution >= 0.6 is 0 Å². The molecule has 0 unspecified atom stereocenters. The summed E-state index contributed by atoms with van der Waals surface area (Å²) in [6, 6.07) is 6.81. The molecule has 3 aromatic rings. The van der Waals surface area contributed by atoms with Crippen LogP contribution in [0.2, 0.25) is 0 Å². The van der Waals surface area contributed by atoms with Crippen molar-refractivity contribution in [3.63, 3.8) is 0 Å². The van der Waals surface area contributed by atoms with Crippen LogP contribution in [0, 0.1) is 24.4 Å². The normalized spacial score (nSPS) is 14.6. The zero-order valence-electron chi connectivity index (χ0n) is 16.9. The fourth-order valence-corrected chi connectivity index (χ4v) is 3.26. The maximum absolute atomic E-state index is 14.6. The van der Waals surface area contributed by atoms with Gasteiger partial charge in [0.2, 0.25) is 0 Å². The van der Waals surface area contributed by atoms with Crippen LogP contribution in [-0.4, -0.2) is 54.5 Å². The van der Waals surface area contributed by atoms with Crippen molar-refractivity contribution in [2.24, 2.45) is 0 Å². The number of nitrogens with zero attached hydrogens (tertiary/aromatic N) is 3. The topological polar surface area (TPSA) is 75.5 Å². The highest BCUT2D eigenvalue weighted by Crippen LogP contribution is 2.34. The zero-order chi connectivity index (χ0) is 21.8. The summed E-state index contributed by atoms with van der Waals surface area (Å²) >= 11 is 0. The minimum atomic E-state index is -1.17. The van der Waals surface area contributed by atoms with Crippen molar-refractivity contribution in [1.29, 1.82) is 0 Å². The fourth-order valence-electron chi connectivity index (χ4n) is 3.26. The van der Waals surface area contributed by atoms with Gasteiger partial charge in [0.1, 0.15) is 5.82 Å². The SMILES string of the molecule is Cc1ccc(Nc2c(-c3nnc(NCCN4CCOCC4)o3)ccc(F)c2F)c(F)c1. The summed E-state index contributed by atoms with van der Waals surface area (Å²) in [5, 5.41) is 13.5. The molecule has 2 heterocycles. The number of anilines is 3. The van der Waals surface area contributed by atoms with Crippen LogP contribution in [0.15, 0.2) is 34.7 Å². The number of hydrogen-bond acceptors (Lipinski definition) is 7. The molecule has 0 bridgehead atoms. The molecule has 0 radical (unpaired) electrons. The van der Waals surface area contributed by atoms with Crippen LogP contribution < -0.4 is 10.6 Å². The molecule has 2 aromatic carbocycles. The summed E-state index contributed by atoms with van der Waals surface area (Å²) in [5.41, 5.74) is 0.534. The van der Waals surface area contributed by atoms with Crippen LogP contribution in [0.4, 0.5) is 30.6 Å². The highest BCUT2D eigenvalue weighted by atomic mass is 19.2. The summed E-state index contributed by atoms with van der Waals surface area (Å²) in [7, 11) is 0. The summed E-state index contributed by atoms with van der Waals surface area (Å²) in [5.74, 6) is -2.87. The molecule has 31 heavy (non-hydrogen) atoms. The predicted molar refractivity (Wildman–Crippen MR) is 110 cm³/mol. The van der Waals surface area contributed by atoms with E-state index in [0.29, 0.717) is 25.3 Å². The molecule has 2 N–H and O–H groups in total. The largest absolute Gasteiger partial charge is 0.403 e. The average molecular weight is 433 g/mol. The van der Waals surface area contributed by atoms with Gasteiger partial charge in [-0.25, -0.2) is 13.2 Å². The highest BCUT2D eigenvalue weighted by molar-refractivity contribution is 5.78. The number of aromatic nitrogens is 2. The molecule has 1 fully saturated rings. The van der Waals surface area contributed by atoms with E-state index in [-0.39, 0.29) is 28.8 Å². The number of aryl methyl sites for hydroxylation is 1. The molecule has 0 spiro atoms. The average Bonchev–Trinajstić information content (AvgIpc) is 3.22. The Bertz CT molecular complexity index is 1050. The third-order valence-corrected chi connectivity index (χ3v) is 4.94. The Balaban J connectivity index is 1.52. The third-order valence-electron chi connectivity index (χ3n) is 4.94. The minimum absolute atomic E-state index is 0.000255. The molecular weight excluding hydrogens is 411 g/mol. The van der Waals surface area contributed by atoms with Gasteiger partial charge in [0.05, 0.1) is 30.2 Å². The molecular formula is C21H22F3N5O2. The van der Waals surface area contributed by atoms with Gasteiger partial charge >= 0.3 is 6.01 Å². The van der Waals surface area contributed by atoms with E-state index in [1.807, 2.05) is 0 Å². The molecule has 0 saturated carbocycles. The number of ether oxygens (including phenoxy) is 1. The van der Waals surface area contributed by atoms with E-state index in [0.717, 1.165) is 25.7 Å². The molecule has 0 aliphatic carbocycles. The van der Waals surface area contributed by atoms with Crippen molar-refractivity contribution >= 4 is 17.4 Å². The number of morpholine rings is 1. The maximum atomic E-state index is 14.6. The van der Waals surface area contributed by atoms with E-state index in [9.17, 15) is 13.2 Å². The molecule has 7 nitrogen and oxygen atoms in total. The Morgan fingerprint density at radius 2 is 1.84 bits per heavy atom. The number of benzene rings is 2. The standard InChI is InChI=1S/C21H22F3N5O2/c1-13-2-5-17(16(23)12-13)26-19-14(3-4-15(22)18(19)24)20-27-28-21(31-20)25-6-7-29-8-10-30-11-9-29/h2-5,12,26H,6-11H2,1H3,(H,25,28). The van der Waals surface area contributed by atoms with Crippen molar-refractivity contribution in [2.45, 2.75) is 6.92 Å². The molecule has 1 aromatic heterocycles. The van der Waals surface area contributed by atoms with Crippen LogP contribution in [0.5, 0.6) is 0 Å². The molecule has 0 atom stereocenters.